The first-order valence-corrected chi connectivity index (χ1v) is 17.2. The molecule has 2 heterocycles. The Balaban J connectivity index is 0.000000301. The number of piperidine rings is 1. The van der Waals surface area contributed by atoms with E-state index in [9.17, 15) is 39.6 Å². The summed E-state index contributed by atoms with van der Waals surface area (Å²) in [7, 11) is 0. The van der Waals surface area contributed by atoms with Gasteiger partial charge in [0.1, 0.15) is 22.4 Å². The summed E-state index contributed by atoms with van der Waals surface area (Å²) in [5.41, 5.74) is -4.08. The van der Waals surface area contributed by atoms with Gasteiger partial charge in [-0.25, -0.2) is 0 Å². The molecule has 2 saturated carbocycles. The number of Topliss-reactive ketones (excluding diaryl/α,β-unsaturated/α-hetero) is 4. The van der Waals surface area contributed by atoms with Gasteiger partial charge in [-0.1, -0.05) is 74.7 Å². The van der Waals surface area contributed by atoms with Crippen molar-refractivity contribution in [3.05, 3.63) is 0 Å². The number of ketones is 4. The third-order valence-electron chi connectivity index (χ3n) is 9.29. The number of hydrogen-bond acceptors (Lipinski definition) is 10. The van der Waals surface area contributed by atoms with Gasteiger partial charge >= 0.3 is 0 Å². The van der Waals surface area contributed by atoms with Crippen molar-refractivity contribution in [1.82, 2.24) is 10.6 Å². The SMILES string of the molecule is CC(C)C(=O)C1(O)CCC1.CC(C)C(=O)C1(O)CCCCC1.CC(C)C(=O)C1(O)CCCNC1.CC(C)C(=O)C1(O)CCNC1. The van der Waals surface area contributed by atoms with Gasteiger partial charge in [-0.2, -0.15) is 0 Å². The van der Waals surface area contributed by atoms with Crippen molar-refractivity contribution in [3.63, 3.8) is 0 Å². The molecule has 6 N–H and O–H groups in total. The quantitative estimate of drug-likeness (QED) is 0.231. The predicted octanol–water partition coefficient (Wildman–Crippen LogP) is 3.30. The van der Waals surface area contributed by atoms with Crippen molar-refractivity contribution in [1.29, 1.82) is 0 Å². The van der Waals surface area contributed by atoms with Gasteiger partial charge in [-0.05, 0) is 64.5 Å². The van der Waals surface area contributed by atoms with Crippen LogP contribution in [-0.4, -0.2) is 92.1 Å². The number of carbonyl (C=O) groups excluding carboxylic acids is 4. The van der Waals surface area contributed by atoms with E-state index in [1.807, 2.05) is 55.4 Å². The molecule has 0 aromatic rings. The molecule has 45 heavy (non-hydrogen) atoms. The molecule has 10 nitrogen and oxygen atoms in total. The molecule has 2 aliphatic heterocycles. The third kappa shape index (κ3) is 12.2. The second-order valence-electron chi connectivity index (χ2n) is 14.8. The topological polar surface area (TPSA) is 173 Å². The fraction of sp³-hybridized carbons (Fsp3) is 0.886. The first kappa shape index (κ1) is 41.5. The summed E-state index contributed by atoms with van der Waals surface area (Å²) >= 11 is 0. The molecule has 4 aliphatic rings. The van der Waals surface area contributed by atoms with Crippen LogP contribution in [0.25, 0.3) is 0 Å². The van der Waals surface area contributed by atoms with Crippen molar-refractivity contribution < 1.29 is 39.6 Å². The minimum absolute atomic E-state index is 0.0127. The molecular weight excluding hydrogens is 576 g/mol. The molecule has 0 radical (unpaired) electrons. The smallest absolute Gasteiger partial charge is 0.168 e. The fourth-order valence-corrected chi connectivity index (χ4v) is 6.28. The average Bonchev–Trinajstić information content (AvgIpc) is 3.43. The van der Waals surface area contributed by atoms with Crippen LogP contribution in [0.2, 0.25) is 0 Å². The average molecular weight is 641 g/mol. The Hall–Kier alpha value is -1.56. The summed E-state index contributed by atoms with van der Waals surface area (Å²) < 4.78 is 0. The lowest BCUT2D eigenvalue weighted by Crippen LogP contribution is -2.52. The standard InChI is InChI=1S/C10H18O2.C9H17NO2.C8H15NO2.C8H14O2/c1-8(2)9(11)10(12)6-4-3-5-7-10;1-7(2)8(11)9(12)4-3-5-10-6-9;1-6(2)7(10)8(11)3-4-9-5-8;1-6(2)7(9)8(10)4-3-5-8/h8,12H,3-7H2,1-2H3;7,10,12H,3-6H2,1-2H3;6,9,11H,3-5H2,1-2H3;6,10H,3-5H2,1-2H3. The van der Waals surface area contributed by atoms with Crippen molar-refractivity contribution in [2.75, 3.05) is 26.2 Å². The Labute approximate surface area is 271 Å². The van der Waals surface area contributed by atoms with E-state index in [0.29, 0.717) is 51.6 Å². The molecule has 2 atom stereocenters. The highest BCUT2D eigenvalue weighted by Crippen LogP contribution is 2.34. The molecule has 2 aliphatic carbocycles. The maximum Gasteiger partial charge on any atom is 0.168 e. The van der Waals surface area contributed by atoms with Gasteiger partial charge in [0.05, 0.1) is 0 Å². The summed E-state index contributed by atoms with van der Waals surface area (Å²) in [6.45, 7) is 17.2. The second-order valence-corrected chi connectivity index (χ2v) is 14.8. The van der Waals surface area contributed by atoms with Crippen molar-refractivity contribution in [2.24, 2.45) is 23.7 Å². The lowest BCUT2D eigenvalue weighted by Gasteiger charge is -2.36. The Bertz CT molecular complexity index is 913. The highest BCUT2D eigenvalue weighted by atomic mass is 16.3. The molecule has 4 rings (SSSR count). The number of nitrogens with one attached hydrogen (secondary N) is 2. The van der Waals surface area contributed by atoms with Crippen LogP contribution >= 0.6 is 0 Å². The van der Waals surface area contributed by atoms with Crippen LogP contribution in [0, 0.1) is 23.7 Å². The van der Waals surface area contributed by atoms with Gasteiger partial charge in [0, 0.05) is 36.8 Å². The maximum atomic E-state index is 11.6. The van der Waals surface area contributed by atoms with Gasteiger partial charge in [0.15, 0.2) is 23.1 Å². The molecule has 4 fully saturated rings. The van der Waals surface area contributed by atoms with Gasteiger partial charge in [0.2, 0.25) is 0 Å². The first-order valence-electron chi connectivity index (χ1n) is 17.2. The number of aliphatic hydroxyl groups is 4. The fourth-order valence-electron chi connectivity index (χ4n) is 6.28. The van der Waals surface area contributed by atoms with Gasteiger partial charge in [0.25, 0.3) is 0 Å². The summed E-state index contributed by atoms with van der Waals surface area (Å²) in [6.07, 6.45) is 8.88. The van der Waals surface area contributed by atoms with E-state index >= 15 is 0 Å². The van der Waals surface area contributed by atoms with E-state index in [1.165, 1.54) is 0 Å². The number of hydrogen-bond donors (Lipinski definition) is 6. The van der Waals surface area contributed by atoms with Gasteiger partial charge < -0.3 is 31.1 Å². The second kappa shape index (κ2) is 18.1. The Morgan fingerprint density at radius 2 is 0.733 bits per heavy atom. The molecule has 0 bridgehead atoms. The zero-order chi connectivity index (χ0) is 34.6. The molecule has 262 valence electrons. The van der Waals surface area contributed by atoms with Crippen LogP contribution in [0.1, 0.15) is 126 Å². The van der Waals surface area contributed by atoms with Crippen molar-refractivity contribution >= 4 is 23.1 Å². The molecule has 2 saturated heterocycles. The van der Waals surface area contributed by atoms with Crippen molar-refractivity contribution in [3.8, 4) is 0 Å². The van der Waals surface area contributed by atoms with E-state index < -0.39 is 22.4 Å². The van der Waals surface area contributed by atoms with Crippen LogP contribution in [0.4, 0.5) is 0 Å². The molecule has 0 spiro atoms. The van der Waals surface area contributed by atoms with Crippen LogP contribution in [0.3, 0.4) is 0 Å². The van der Waals surface area contributed by atoms with Crippen LogP contribution in [-0.2, 0) is 19.2 Å². The van der Waals surface area contributed by atoms with Gasteiger partial charge in [-0.3, -0.25) is 19.2 Å². The van der Waals surface area contributed by atoms with E-state index in [0.717, 1.165) is 45.2 Å². The summed E-state index contributed by atoms with van der Waals surface area (Å²) in [5, 5.41) is 45.1. The molecule has 2 unspecified atom stereocenters. The van der Waals surface area contributed by atoms with Crippen molar-refractivity contribution in [2.45, 2.75) is 148 Å². The molecule has 0 amide bonds. The monoisotopic (exact) mass is 640 g/mol. The van der Waals surface area contributed by atoms with E-state index in [2.05, 4.69) is 10.6 Å². The van der Waals surface area contributed by atoms with Crippen LogP contribution < -0.4 is 10.6 Å². The Kier molecular flexibility index (Phi) is 16.7. The normalized spacial score (nSPS) is 26.8. The maximum absolute atomic E-state index is 11.6. The first-order chi connectivity index (χ1) is 20.7. The Morgan fingerprint density at radius 1 is 0.422 bits per heavy atom. The Morgan fingerprint density at radius 3 is 1.00 bits per heavy atom. The molecule has 0 aromatic heterocycles. The lowest BCUT2D eigenvalue weighted by molar-refractivity contribution is -0.149. The van der Waals surface area contributed by atoms with Crippen LogP contribution in [0.5, 0.6) is 0 Å². The summed E-state index contributed by atoms with van der Waals surface area (Å²) in [5.74, 6) is -0.230. The van der Waals surface area contributed by atoms with Crippen LogP contribution in [0.15, 0.2) is 0 Å². The molecule has 10 heteroatoms. The highest BCUT2D eigenvalue weighted by molar-refractivity contribution is 5.90. The zero-order valence-corrected chi connectivity index (χ0v) is 29.3. The predicted molar refractivity (Wildman–Crippen MR) is 176 cm³/mol. The van der Waals surface area contributed by atoms with E-state index in [-0.39, 0.29) is 46.8 Å². The number of carbonyl (C=O) groups is 4. The highest BCUT2D eigenvalue weighted by Gasteiger charge is 2.43. The largest absolute Gasteiger partial charge is 0.382 e. The minimum atomic E-state index is -1.09. The number of rotatable bonds is 8. The minimum Gasteiger partial charge on any atom is -0.382 e. The van der Waals surface area contributed by atoms with E-state index in [4.69, 9.17) is 0 Å². The lowest BCUT2D eigenvalue weighted by atomic mass is 9.74. The summed E-state index contributed by atoms with van der Waals surface area (Å²) in [4.78, 5) is 45.7. The summed E-state index contributed by atoms with van der Waals surface area (Å²) in [6, 6.07) is 0. The molecule has 0 aromatic carbocycles. The van der Waals surface area contributed by atoms with Gasteiger partial charge in [-0.15, -0.1) is 0 Å². The third-order valence-corrected chi connectivity index (χ3v) is 9.29. The molecular formula is C35H64N2O8. The van der Waals surface area contributed by atoms with E-state index in [1.54, 1.807) is 0 Å². The number of β-amino-alcohol motifs (C(OH)–C–C–N with tert-alkyl or cyclic N) is 2. The zero-order valence-electron chi connectivity index (χ0n) is 29.3.